The predicted octanol–water partition coefficient (Wildman–Crippen LogP) is 3.15. The Morgan fingerprint density at radius 3 is 2.75 bits per heavy atom. The van der Waals surface area contributed by atoms with Crippen LogP contribution in [-0.4, -0.2) is 33.6 Å². The van der Waals surface area contributed by atoms with Crippen molar-refractivity contribution in [2.45, 2.75) is 18.5 Å². The van der Waals surface area contributed by atoms with Gasteiger partial charge in [-0.25, -0.2) is 4.98 Å². The summed E-state index contributed by atoms with van der Waals surface area (Å²) in [6.45, 7) is 2.67. The summed E-state index contributed by atoms with van der Waals surface area (Å²) in [6.07, 6.45) is 0. The monoisotopic (exact) mass is 340 g/mol. The third-order valence-electron chi connectivity index (χ3n) is 4.97. The van der Waals surface area contributed by atoms with Gasteiger partial charge in [-0.2, -0.15) is 0 Å². The lowest BCUT2D eigenvalue weighted by atomic mass is 9.95. The highest BCUT2D eigenvalue weighted by Gasteiger charge is 2.31. The molecule has 0 saturated carbocycles. The molecule has 2 N–H and O–H groups in total. The highest BCUT2D eigenvalue weighted by atomic mass is 35.5. The van der Waals surface area contributed by atoms with Gasteiger partial charge in [0.25, 0.3) is 0 Å². The van der Waals surface area contributed by atoms with Crippen LogP contribution in [0.15, 0.2) is 48.5 Å². The molecule has 0 spiro atoms. The van der Waals surface area contributed by atoms with Crippen molar-refractivity contribution in [2.75, 3.05) is 13.1 Å². The Balaban J connectivity index is 1.55. The van der Waals surface area contributed by atoms with Crippen LogP contribution in [0.4, 0.5) is 0 Å². The summed E-state index contributed by atoms with van der Waals surface area (Å²) >= 11 is 6.08. The molecular formula is C19H21ClN4. The lowest BCUT2D eigenvalue weighted by molar-refractivity contribution is 0.312. The SMILES string of the molecule is Cn1c(CN2C[C@@H](N)[C@H](c3ccccc3)C2)nc2cc(Cl)ccc21. The standard InChI is InChI=1S/C19H21ClN4/c1-23-18-8-7-14(20)9-17(18)22-19(23)12-24-10-15(16(21)11-24)13-5-3-2-4-6-13/h2-9,15-16H,10-12,21H2,1H3/t15-,16+/m0/s1. The van der Waals surface area contributed by atoms with E-state index in [1.165, 1.54) is 5.56 Å². The van der Waals surface area contributed by atoms with E-state index in [4.69, 9.17) is 22.3 Å². The van der Waals surface area contributed by atoms with E-state index < -0.39 is 0 Å². The minimum Gasteiger partial charge on any atom is -0.330 e. The Morgan fingerprint density at radius 1 is 1.17 bits per heavy atom. The summed E-state index contributed by atoms with van der Waals surface area (Å²) in [7, 11) is 2.06. The number of imidazole rings is 1. The molecule has 1 saturated heterocycles. The van der Waals surface area contributed by atoms with Crippen LogP contribution in [-0.2, 0) is 13.6 Å². The molecule has 2 aromatic carbocycles. The molecule has 0 unspecified atom stereocenters. The van der Waals surface area contributed by atoms with Crippen LogP contribution in [0.2, 0.25) is 5.02 Å². The maximum absolute atomic E-state index is 6.40. The number of aromatic nitrogens is 2. The van der Waals surface area contributed by atoms with E-state index in [0.717, 1.165) is 41.5 Å². The largest absolute Gasteiger partial charge is 0.330 e. The molecular weight excluding hydrogens is 320 g/mol. The average Bonchev–Trinajstić information content (AvgIpc) is 3.09. The number of halogens is 1. The Morgan fingerprint density at radius 2 is 1.96 bits per heavy atom. The Labute approximate surface area is 146 Å². The quantitative estimate of drug-likeness (QED) is 0.796. The number of fused-ring (bicyclic) bond motifs is 1. The van der Waals surface area contributed by atoms with Crippen molar-refractivity contribution in [1.29, 1.82) is 0 Å². The number of nitrogens with zero attached hydrogens (tertiary/aromatic N) is 3. The summed E-state index contributed by atoms with van der Waals surface area (Å²) in [6, 6.07) is 16.6. The zero-order valence-corrected chi connectivity index (χ0v) is 14.4. The molecule has 5 heteroatoms. The minimum atomic E-state index is 0.163. The van der Waals surface area contributed by atoms with Crippen LogP contribution in [0.3, 0.4) is 0 Å². The van der Waals surface area contributed by atoms with E-state index in [9.17, 15) is 0 Å². The summed E-state index contributed by atoms with van der Waals surface area (Å²) < 4.78 is 2.15. The van der Waals surface area contributed by atoms with Crippen LogP contribution in [0.5, 0.6) is 0 Å². The molecule has 1 aromatic heterocycles. The van der Waals surface area contributed by atoms with Crippen LogP contribution >= 0.6 is 11.6 Å². The maximum atomic E-state index is 6.40. The molecule has 0 radical (unpaired) electrons. The van der Waals surface area contributed by atoms with Crippen LogP contribution in [0.1, 0.15) is 17.3 Å². The maximum Gasteiger partial charge on any atom is 0.123 e. The van der Waals surface area contributed by atoms with Gasteiger partial charge in [0.2, 0.25) is 0 Å². The number of nitrogens with two attached hydrogens (primary N) is 1. The van der Waals surface area contributed by atoms with Crippen molar-refractivity contribution in [3.8, 4) is 0 Å². The molecule has 4 rings (SSSR count). The lowest BCUT2D eigenvalue weighted by Gasteiger charge is -2.16. The van der Waals surface area contributed by atoms with Gasteiger partial charge in [0, 0.05) is 37.1 Å². The highest BCUT2D eigenvalue weighted by Crippen LogP contribution is 2.28. The van der Waals surface area contributed by atoms with E-state index in [2.05, 4.69) is 40.8 Å². The van der Waals surface area contributed by atoms with E-state index in [0.29, 0.717) is 5.92 Å². The van der Waals surface area contributed by atoms with Gasteiger partial charge < -0.3 is 10.3 Å². The zero-order chi connectivity index (χ0) is 16.7. The first-order chi connectivity index (χ1) is 11.6. The van der Waals surface area contributed by atoms with Crippen molar-refractivity contribution in [2.24, 2.45) is 12.8 Å². The second kappa shape index (κ2) is 6.20. The van der Waals surface area contributed by atoms with E-state index in [-0.39, 0.29) is 6.04 Å². The van der Waals surface area contributed by atoms with Crippen molar-refractivity contribution in [1.82, 2.24) is 14.5 Å². The third kappa shape index (κ3) is 2.81. The number of benzene rings is 2. The zero-order valence-electron chi connectivity index (χ0n) is 13.7. The molecule has 0 amide bonds. The first-order valence-electron chi connectivity index (χ1n) is 8.25. The fraction of sp³-hybridized carbons (Fsp3) is 0.316. The summed E-state index contributed by atoms with van der Waals surface area (Å²) in [4.78, 5) is 7.15. The lowest BCUT2D eigenvalue weighted by Crippen LogP contribution is -2.29. The van der Waals surface area contributed by atoms with E-state index in [1.54, 1.807) is 0 Å². The summed E-state index contributed by atoms with van der Waals surface area (Å²) in [5.74, 6) is 1.43. The number of likely N-dealkylation sites (tertiary alicyclic amines) is 1. The molecule has 1 aliphatic heterocycles. The normalized spacial score (nSPS) is 21.6. The first-order valence-corrected chi connectivity index (χ1v) is 8.63. The van der Waals surface area contributed by atoms with Gasteiger partial charge in [0.15, 0.2) is 0 Å². The van der Waals surface area contributed by atoms with Crippen LogP contribution in [0.25, 0.3) is 11.0 Å². The average molecular weight is 341 g/mol. The van der Waals surface area contributed by atoms with Gasteiger partial charge in [-0.15, -0.1) is 0 Å². The Kier molecular flexibility index (Phi) is 4.04. The molecule has 24 heavy (non-hydrogen) atoms. The minimum absolute atomic E-state index is 0.163. The number of hydrogen-bond acceptors (Lipinski definition) is 3. The van der Waals surface area contributed by atoms with Gasteiger partial charge >= 0.3 is 0 Å². The van der Waals surface area contributed by atoms with Gasteiger partial charge in [-0.05, 0) is 23.8 Å². The van der Waals surface area contributed by atoms with Gasteiger partial charge in [-0.3, -0.25) is 4.90 Å². The smallest absolute Gasteiger partial charge is 0.123 e. The predicted molar refractivity (Wildman–Crippen MR) is 98.2 cm³/mol. The number of hydrogen-bond donors (Lipinski definition) is 1. The molecule has 0 bridgehead atoms. The van der Waals surface area contributed by atoms with Gasteiger partial charge in [0.1, 0.15) is 5.82 Å². The van der Waals surface area contributed by atoms with Crippen molar-refractivity contribution < 1.29 is 0 Å². The Bertz CT molecular complexity index is 858. The van der Waals surface area contributed by atoms with E-state index >= 15 is 0 Å². The summed E-state index contributed by atoms with van der Waals surface area (Å²) in [5.41, 5.74) is 9.78. The topological polar surface area (TPSA) is 47.1 Å². The highest BCUT2D eigenvalue weighted by molar-refractivity contribution is 6.31. The molecule has 2 atom stereocenters. The second-order valence-electron chi connectivity index (χ2n) is 6.60. The molecule has 4 nitrogen and oxygen atoms in total. The van der Waals surface area contributed by atoms with Gasteiger partial charge in [-0.1, -0.05) is 41.9 Å². The van der Waals surface area contributed by atoms with Crippen molar-refractivity contribution in [3.05, 3.63) is 64.9 Å². The van der Waals surface area contributed by atoms with Gasteiger partial charge in [0.05, 0.1) is 17.6 Å². The summed E-state index contributed by atoms with van der Waals surface area (Å²) in [5, 5.41) is 0.722. The van der Waals surface area contributed by atoms with E-state index in [1.807, 2.05) is 24.3 Å². The molecule has 0 aliphatic carbocycles. The number of aryl methyl sites for hydroxylation is 1. The molecule has 124 valence electrons. The van der Waals surface area contributed by atoms with Crippen molar-refractivity contribution >= 4 is 22.6 Å². The number of rotatable bonds is 3. The molecule has 1 aliphatic rings. The Hall–Kier alpha value is -1.88. The first kappa shape index (κ1) is 15.6. The van der Waals surface area contributed by atoms with Crippen LogP contribution in [0, 0.1) is 0 Å². The third-order valence-corrected chi connectivity index (χ3v) is 5.20. The molecule has 3 aromatic rings. The molecule has 1 fully saturated rings. The fourth-order valence-electron chi connectivity index (χ4n) is 3.66. The van der Waals surface area contributed by atoms with Crippen molar-refractivity contribution in [3.63, 3.8) is 0 Å². The second-order valence-corrected chi connectivity index (χ2v) is 7.03. The molecule has 2 heterocycles. The van der Waals surface area contributed by atoms with Crippen LogP contribution < -0.4 is 5.73 Å². The fourth-order valence-corrected chi connectivity index (χ4v) is 3.83.